The van der Waals surface area contributed by atoms with Crippen LogP contribution in [-0.4, -0.2) is 37.1 Å². The van der Waals surface area contributed by atoms with Crippen molar-refractivity contribution >= 4 is 10.0 Å². The SMILES string of the molecule is CC(CS(=O)(=O)N1CCC(N)CC1C)c1ccccc1. The summed E-state index contributed by atoms with van der Waals surface area (Å²) in [6.45, 7) is 4.46. The molecule has 2 rings (SSSR count). The minimum absolute atomic E-state index is 0.00370. The third kappa shape index (κ3) is 3.59. The van der Waals surface area contributed by atoms with Gasteiger partial charge in [0.2, 0.25) is 10.0 Å². The van der Waals surface area contributed by atoms with Crippen LogP contribution < -0.4 is 5.73 Å². The first kappa shape index (κ1) is 15.5. The molecule has 1 aliphatic heterocycles. The van der Waals surface area contributed by atoms with Crippen LogP contribution in [0, 0.1) is 0 Å². The maximum atomic E-state index is 12.6. The molecule has 0 amide bonds. The molecule has 1 aromatic carbocycles. The molecule has 0 spiro atoms. The molecule has 5 heteroatoms. The van der Waals surface area contributed by atoms with Crippen LogP contribution in [0.15, 0.2) is 30.3 Å². The van der Waals surface area contributed by atoms with Gasteiger partial charge in [0.15, 0.2) is 0 Å². The average molecular weight is 296 g/mol. The van der Waals surface area contributed by atoms with Crippen LogP contribution in [-0.2, 0) is 10.0 Å². The Hall–Kier alpha value is -0.910. The van der Waals surface area contributed by atoms with Gasteiger partial charge in [-0.15, -0.1) is 0 Å². The molecule has 0 aliphatic carbocycles. The largest absolute Gasteiger partial charge is 0.328 e. The molecule has 1 heterocycles. The van der Waals surface area contributed by atoms with Crippen molar-refractivity contribution in [1.29, 1.82) is 0 Å². The molecule has 4 nitrogen and oxygen atoms in total. The van der Waals surface area contributed by atoms with Gasteiger partial charge >= 0.3 is 0 Å². The average Bonchev–Trinajstić information content (AvgIpc) is 2.38. The van der Waals surface area contributed by atoms with Crippen molar-refractivity contribution in [3.8, 4) is 0 Å². The van der Waals surface area contributed by atoms with Crippen LogP contribution in [0.25, 0.3) is 0 Å². The lowest BCUT2D eigenvalue weighted by Gasteiger charge is -2.35. The van der Waals surface area contributed by atoms with Gasteiger partial charge in [-0.3, -0.25) is 0 Å². The van der Waals surface area contributed by atoms with Crippen LogP contribution in [0.2, 0.25) is 0 Å². The third-order valence-electron chi connectivity index (χ3n) is 4.04. The smallest absolute Gasteiger partial charge is 0.214 e. The van der Waals surface area contributed by atoms with E-state index in [2.05, 4.69) is 0 Å². The minimum atomic E-state index is -3.23. The highest BCUT2D eigenvalue weighted by molar-refractivity contribution is 7.89. The number of rotatable bonds is 4. The van der Waals surface area contributed by atoms with E-state index in [1.807, 2.05) is 44.2 Å². The van der Waals surface area contributed by atoms with Gasteiger partial charge in [0.1, 0.15) is 0 Å². The Labute approximate surface area is 122 Å². The monoisotopic (exact) mass is 296 g/mol. The van der Waals surface area contributed by atoms with E-state index in [-0.39, 0.29) is 23.8 Å². The van der Waals surface area contributed by atoms with Crippen LogP contribution >= 0.6 is 0 Å². The maximum Gasteiger partial charge on any atom is 0.214 e. The molecule has 0 aromatic heterocycles. The summed E-state index contributed by atoms with van der Waals surface area (Å²) >= 11 is 0. The first-order valence-electron chi connectivity index (χ1n) is 7.20. The molecule has 2 N–H and O–H groups in total. The van der Waals surface area contributed by atoms with Crippen molar-refractivity contribution < 1.29 is 8.42 Å². The summed E-state index contributed by atoms with van der Waals surface area (Å²) in [5.41, 5.74) is 6.97. The summed E-state index contributed by atoms with van der Waals surface area (Å²) in [6, 6.07) is 9.93. The van der Waals surface area contributed by atoms with Crippen LogP contribution in [0.5, 0.6) is 0 Å². The Kier molecular flexibility index (Phi) is 4.83. The predicted molar refractivity (Wildman–Crippen MR) is 82.0 cm³/mol. The molecule has 112 valence electrons. The van der Waals surface area contributed by atoms with Crippen molar-refractivity contribution in [3.63, 3.8) is 0 Å². The number of nitrogens with zero attached hydrogens (tertiary/aromatic N) is 1. The van der Waals surface area contributed by atoms with E-state index in [4.69, 9.17) is 5.73 Å². The molecule has 1 fully saturated rings. The zero-order valence-electron chi connectivity index (χ0n) is 12.2. The fourth-order valence-electron chi connectivity index (χ4n) is 2.89. The topological polar surface area (TPSA) is 63.4 Å². The Morgan fingerprint density at radius 1 is 1.35 bits per heavy atom. The van der Waals surface area contributed by atoms with E-state index >= 15 is 0 Å². The van der Waals surface area contributed by atoms with Gasteiger partial charge < -0.3 is 5.73 Å². The van der Waals surface area contributed by atoms with Gasteiger partial charge in [0.25, 0.3) is 0 Å². The summed E-state index contributed by atoms with van der Waals surface area (Å²) in [6.07, 6.45) is 1.50. The standard InChI is InChI=1S/C15H24N2O2S/c1-12(14-6-4-3-5-7-14)11-20(18,19)17-9-8-15(16)10-13(17)2/h3-7,12-13,15H,8-11,16H2,1-2H3. The normalized spacial score (nSPS) is 26.4. The van der Waals surface area contributed by atoms with Gasteiger partial charge in [0, 0.05) is 18.6 Å². The van der Waals surface area contributed by atoms with Gasteiger partial charge in [-0.2, -0.15) is 4.31 Å². The van der Waals surface area contributed by atoms with Crippen LogP contribution in [0.4, 0.5) is 0 Å². The van der Waals surface area contributed by atoms with E-state index in [9.17, 15) is 8.42 Å². The zero-order chi connectivity index (χ0) is 14.8. The van der Waals surface area contributed by atoms with E-state index in [0.29, 0.717) is 6.54 Å². The van der Waals surface area contributed by atoms with Crippen LogP contribution in [0.3, 0.4) is 0 Å². The van der Waals surface area contributed by atoms with Crippen molar-refractivity contribution in [3.05, 3.63) is 35.9 Å². The zero-order valence-corrected chi connectivity index (χ0v) is 13.0. The molecule has 0 saturated carbocycles. The van der Waals surface area contributed by atoms with Gasteiger partial charge in [-0.25, -0.2) is 8.42 Å². The quantitative estimate of drug-likeness (QED) is 0.923. The highest BCUT2D eigenvalue weighted by Crippen LogP contribution is 2.24. The fraction of sp³-hybridized carbons (Fsp3) is 0.600. The fourth-order valence-corrected chi connectivity index (χ4v) is 4.92. The van der Waals surface area contributed by atoms with Gasteiger partial charge in [-0.05, 0) is 31.2 Å². The highest BCUT2D eigenvalue weighted by Gasteiger charge is 2.33. The Morgan fingerprint density at radius 2 is 2.00 bits per heavy atom. The summed E-state index contributed by atoms with van der Waals surface area (Å²) < 4.78 is 26.8. The first-order chi connectivity index (χ1) is 9.40. The number of nitrogens with two attached hydrogens (primary N) is 1. The summed E-state index contributed by atoms with van der Waals surface area (Å²) in [4.78, 5) is 0. The summed E-state index contributed by atoms with van der Waals surface area (Å²) in [5, 5.41) is 0. The van der Waals surface area contributed by atoms with Crippen LogP contribution in [0.1, 0.15) is 38.2 Å². The first-order valence-corrected chi connectivity index (χ1v) is 8.81. The lowest BCUT2D eigenvalue weighted by atomic mass is 10.0. The molecule has 20 heavy (non-hydrogen) atoms. The predicted octanol–water partition coefficient (Wildman–Crippen LogP) is 1.93. The van der Waals surface area contributed by atoms with Crippen molar-refractivity contribution in [2.24, 2.45) is 5.73 Å². The van der Waals surface area contributed by atoms with Crippen molar-refractivity contribution in [2.75, 3.05) is 12.3 Å². The van der Waals surface area contributed by atoms with Crippen molar-refractivity contribution in [2.45, 2.75) is 44.7 Å². The molecule has 3 unspecified atom stereocenters. The second kappa shape index (κ2) is 6.24. The molecular weight excluding hydrogens is 272 g/mol. The second-order valence-corrected chi connectivity index (χ2v) is 7.80. The highest BCUT2D eigenvalue weighted by atomic mass is 32.2. The number of hydrogen-bond donors (Lipinski definition) is 1. The van der Waals surface area contributed by atoms with Gasteiger partial charge in [-0.1, -0.05) is 37.3 Å². The molecule has 0 bridgehead atoms. The second-order valence-electron chi connectivity index (χ2n) is 5.83. The third-order valence-corrected chi connectivity index (χ3v) is 6.22. The molecule has 0 radical (unpaired) electrons. The van der Waals surface area contributed by atoms with Crippen molar-refractivity contribution in [1.82, 2.24) is 4.31 Å². The number of sulfonamides is 1. The number of hydrogen-bond acceptors (Lipinski definition) is 3. The lowest BCUT2D eigenvalue weighted by Crippen LogP contribution is -2.49. The summed E-state index contributed by atoms with van der Waals surface area (Å²) in [5.74, 6) is 0.167. The minimum Gasteiger partial charge on any atom is -0.328 e. The van der Waals surface area contributed by atoms with E-state index in [1.54, 1.807) is 4.31 Å². The van der Waals surface area contributed by atoms with E-state index < -0.39 is 10.0 Å². The Morgan fingerprint density at radius 3 is 2.60 bits per heavy atom. The molecule has 3 atom stereocenters. The maximum absolute atomic E-state index is 12.6. The number of benzene rings is 1. The van der Waals surface area contributed by atoms with E-state index in [0.717, 1.165) is 18.4 Å². The molecule has 1 aromatic rings. The summed E-state index contributed by atoms with van der Waals surface area (Å²) in [7, 11) is -3.23. The lowest BCUT2D eigenvalue weighted by molar-refractivity contribution is 0.247. The molecule has 1 aliphatic rings. The molecule has 1 saturated heterocycles. The number of piperidine rings is 1. The Balaban J connectivity index is 2.07. The molecular formula is C15H24N2O2S. The Bertz CT molecular complexity index is 530. The van der Waals surface area contributed by atoms with Gasteiger partial charge in [0.05, 0.1) is 5.75 Å². The van der Waals surface area contributed by atoms with E-state index in [1.165, 1.54) is 0 Å².